The third-order valence-corrected chi connectivity index (χ3v) is 4.22. The van der Waals surface area contributed by atoms with Crippen LogP contribution < -0.4 is 5.32 Å². The molecule has 0 aliphatic carbocycles. The number of hydrogen-bond acceptors (Lipinski definition) is 6. The number of nitro benzene ring substituents is 1. The fraction of sp³-hybridized carbons (Fsp3) is 0.267. The number of anilines is 1. The number of benzene rings is 1. The van der Waals surface area contributed by atoms with Crippen LogP contribution in [-0.4, -0.2) is 31.3 Å². The molecule has 126 valence electrons. The van der Waals surface area contributed by atoms with Gasteiger partial charge in [0.15, 0.2) is 5.16 Å². The first-order valence-electron chi connectivity index (χ1n) is 7.10. The molecule has 2 aromatic rings. The summed E-state index contributed by atoms with van der Waals surface area (Å²) >= 11 is 1.25. The standard InChI is InChI=1S/C15H17N5O3S/c1-4-7-19-11(3)17-18-15(19)24-9-14(21)16-13-8-12(20(22)23)6-5-10(13)2/h4-6,8H,1,7,9H2,2-3H3,(H,16,21). The Balaban J connectivity index is 2.03. The van der Waals surface area contributed by atoms with Crippen molar-refractivity contribution in [1.29, 1.82) is 0 Å². The molecule has 0 unspecified atom stereocenters. The SMILES string of the molecule is C=CCn1c(C)nnc1SCC(=O)Nc1cc([N+](=O)[O-])ccc1C. The van der Waals surface area contributed by atoms with Gasteiger partial charge in [0, 0.05) is 18.7 Å². The van der Waals surface area contributed by atoms with Crippen molar-refractivity contribution in [2.75, 3.05) is 11.1 Å². The summed E-state index contributed by atoms with van der Waals surface area (Å²) in [5.74, 6) is 0.596. The molecule has 0 aliphatic rings. The van der Waals surface area contributed by atoms with Gasteiger partial charge in [-0.15, -0.1) is 16.8 Å². The first-order valence-corrected chi connectivity index (χ1v) is 8.09. The van der Waals surface area contributed by atoms with Crippen molar-refractivity contribution >= 4 is 29.0 Å². The highest BCUT2D eigenvalue weighted by Crippen LogP contribution is 2.23. The molecule has 0 radical (unpaired) electrons. The zero-order valence-corrected chi connectivity index (χ0v) is 14.2. The van der Waals surface area contributed by atoms with Gasteiger partial charge < -0.3 is 9.88 Å². The quantitative estimate of drug-likeness (QED) is 0.357. The summed E-state index contributed by atoms with van der Waals surface area (Å²) in [7, 11) is 0. The van der Waals surface area contributed by atoms with E-state index in [0.29, 0.717) is 17.4 Å². The number of nitrogens with one attached hydrogen (secondary N) is 1. The average Bonchev–Trinajstić information content (AvgIpc) is 2.88. The Labute approximate surface area is 143 Å². The molecule has 0 saturated heterocycles. The number of allylic oxidation sites excluding steroid dienone is 1. The van der Waals surface area contributed by atoms with E-state index in [-0.39, 0.29) is 17.3 Å². The van der Waals surface area contributed by atoms with E-state index >= 15 is 0 Å². The van der Waals surface area contributed by atoms with Crippen LogP contribution in [-0.2, 0) is 11.3 Å². The molecular formula is C15H17N5O3S. The Morgan fingerprint density at radius 1 is 1.46 bits per heavy atom. The van der Waals surface area contributed by atoms with Crippen molar-refractivity contribution in [1.82, 2.24) is 14.8 Å². The number of aromatic nitrogens is 3. The number of carbonyl (C=O) groups excluding carboxylic acids is 1. The average molecular weight is 347 g/mol. The molecule has 8 nitrogen and oxygen atoms in total. The van der Waals surface area contributed by atoms with E-state index in [0.717, 1.165) is 11.4 Å². The van der Waals surface area contributed by atoms with Gasteiger partial charge in [-0.1, -0.05) is 23.9 Å². The predicted molar refractivity (Wildman–Crippen MR) is 92.1 cm³/mol. The molecule has 2 rings (SSSR count). The second-order valence-corrected chi connectivity index (χ2v) is 5.96. The lowest BCUT2D eigenvalue weighted by Gasteiger charge is -2.08. The van der Waals surface area contributed by atoms with Crippen LogP contribution in [0.2, 0.25) is 0 Å². The van der Waals surface area contributed by atoms with Gasteiger partial charge in [0.05, 0.1) is 16.4 Å². The lowest BCUT2D eigenvalue weighted by atomic mass is 10.2. The Morgan fingerprint density at radius 2 is 2.21 bits per heavy atom. The number of non-ortho nitro benzene ring substituents is 1. The number of nitrogens with zero attached hydrogens (tertiary/aromatic N) is 4. The Hall–Kier alpha value is -2.68. The number of amides is 1. The summed E-state index contributed by atoms with van der Waals surface area (Å²) in [4.78, 5) is 22.4. The van der Waals surface area contributed by atoms with Crippen LogP contribution >= 0.6 is 11.8 Å². The normalized spacial score (nSPS) is 10.4. The number of nitro groups is 1. The van der Waals surface area contributed by atoms with Crippen LogP contribution in [0.3, 0.4) is 0 Å². The maximum atomic E-state index is 12.1. The Bertz CT molecular complexity index is 787. The maximum Gasteiger partial charge on any atom is 0.271 e. The molecule has 0 fully saturated rings. The Kier molecular flexibility index (Phi) is 5.69. The van der Waals surface area contributed by atoms with Gasteiger partial charge in [-0.2, -0.15) is 0 Å². The minimum absolute atomic E-state index is 0.0649. The molecule has 0 saturated carbocycles. The molecule has 1 heterocycles. The van der Waals surface area contributed by atoms with Gasteiger partial charge >= 0.3 is 0 Å². The lowest BCUT2D eigenvalue weighted by molar-refractivity contribution is -0.384. The van der Waals surface area contributed by atoms with E-state index in [1.807, 2.05) is 11.5 Å². The summed E-state index contributed by atoms with van der Waals surface area (Å²) in [6.45, 7) is 7.84. The van der Waals surface area contributed by atoms with E-state index in [9.17, 15) is 14.9 Å². The van der Waals surface area contributed by atoms with Crippen molar-refractivity contribution in [3.8, 4) is 0 Å². The van der Waals surface area contributed by atoms with Gasteiger partial charge in [-0.25, -0.2) is 0 Å². The minimum atomic E-state index is -0.496. The third-order valence-electron chi connectivity index (χ3n) is 3.25. The number of aryl methyl sites for hydroxylation is 2. The van der Waals surface area contributed by atoms with Crippen LogP contribution in [0.5, 0.6) is 0 Å². The van der Waals surface area contributed by atoms with E-state index < -0.39 is 4.92 Å². The largest absolute Gasteiger partial charge is 0.325 e. The van der Waals surface area contributed by atoms with E-state index in [4.69, 9.17) is 0 Å². The van der Waals surface area contributed by atoms with Crippen molar-refractivity contribution in [3.63, 3.8) is 0 Å². The highest BCUT2D eigenvalue weighted by molar-refractivity contribution is 7.99. The first-order chi connectivity index (χ1) is 11.4. The molecule has 0 bridgehead atoms. The van der Waals surface area contributed by atoms with Crippen LogP contribution in [0.4, 0.5) is 11.4 Å². The molecule has 1 N–H and O–H groups in total. The molecule has 1 aromatic carbocycles. The fourth-order valence-electron chi connectivity index (χ4n) is 1.98. The predicted octanol–water partition coefficient (Wildman–Crippen LogP) is 2.72. The van der Waals surface area contributed by atoms with E-state index in [2.05, 4.69) is 22.1 Å². The van der Waals surface area contributed by atoms with Crippen LogP contribution in [0.25, 0.3) is 0 Å². The molecule has 24 heavy (non-hydrogen) atoms. The molecule has 1 amide bonds. The molecule has 0 spiro atoms. The zero-order chi connectivity index (χ0) is 17.7. The smallest absolute Gasteiger partial charge is 0.271 e. The van der Waals surface area contributed by atoms with Crippen LogP contribution in [0, 0.1) is 24.0 Å². The summed E-state index contributed by atoms with van der Waals surface area (Å²) in [6, 6.07) is 4.35. The van der Waals surface area contributed by atoms with Crippen molar-refractivity contribution in [2.45, 2.75) is 25.5 Å². The summed E-state index contributed by atoms with van der Waals surface area (Å²) < 4.78 is 1.85. The number of hydrogen-bond donors (Lipinski definition) is 1. The van der Waals surface area contributed by atoms with Gasteiger partial charge in [0.2, 0.25) is 5.91 Å². The van der Waals surface area contributed by atoms with Gasteiger partial charge in [-0.05, 0) is 19.4 Å². The summed E-state index contributed by atoms with van der Waals surface area (Å²) in [6.07, 6.45) is 1.73. The lowest BCUT2D eigenvalue weighted by Crippen LogP contribution is -2.15. The van der Waals surface area contributed by atoms with Crippen molar-refractivity contribution < 1.29 is 9.72 Å². The monoisotopic (exact) mass is 347 g/mol. The number of carbonyl (C=O) groups is 1. The van der Waals surface area contributed by atoms with Crippen LogP contribution in [0.15, 0.2) is 36.0 Å². The zero-order valence-electron chi connectivity index (χ0n) is 13.4. The molecular weight excluding hydrogens is 330 g/mol. The summed E-state index contributed by atoms with van der Waals surface area (Å²) in [5, 5.41) is 22.1. The first kappa shape index (κ1) is 17.7. The second kappa shape index (κ2) is 7.73. The van der Waals surface area contributed by atoms with Gasteiger partial charge in [0.25, 0.3) is 5.69 Å². The highest BCUT2D eigenvalue weighted by Gasteiger charge is 2.13. The minimum Gasteiger partial charge on any atom is -0.325 e. The Morgan fingerprint density at radius 3 is 2.88 bits per heavy atom. The number of thioether (sulfide) groups is 1. The topological polar surface area (TPSA) is 103 Å². The van der Waals surface area contributed by atoms with Crippen molar-refractivity contribution in [2.24, 2.45) is 0 Å². The van der Waals surface area contributed by atoms with Gasteiger partial charge in [0.1, 0.15) is 5.82 Å². The molecule has 0 aliphatic heterocycles. The van der Waals surface area contributed by atoms with Crippen LogP contribution in [0.1, 0.15) is 11.4 Å². The molecule has 1 aromatic heterocycles. The third kappa shape index (κ3) is 4.19. The second-order valence-electron chi connectivity index (χ2n) is 5.02. The fourth-order valence-corrected chi connectivity index (χ4v) is 2.78. The van der Waals surface area contributed by atoms with Gasteiger partial charge in [-0.3, -0.25) is 14.9 Å². The summed E-state index contributed by atoms with van der Waals surface area (Å²) in [5.41, 5.74) is 1.12. The highest BCUT2D eigenvalue weighted by atomic mass is 32.2. The van der Waals surface area contributed by atoms with E-state index in [1.165, 1.54) is 23.9 Å². The number of rotatable bonds is 7. The molecule has 9 heteroatoms. The van der Waals surface area contributed by atoms with E-state index in [1.54, 1.807) is 19.1 Å². The maximum absolute atomic E-state index is 12.1. The molecule has 0 atom stereocenters. The van der Waals surface area contributed by atoms with Crippen molar-refractivity contribution in [3.05, 3.63) is 52.4 Å².